The van der Waals surface area contributed by atoms with Crippen molar-refractivity contribution in [3.05, 3.63) is 42.4 Å². The number of rotatable bonds is 6. The molecule has 2 N–H and O–H groups in total. The molecule has 0 spiro atoms. The van der Waals surface area contributed by atoms with Crippen molar-refractivity contribution < 1.29 is 21.6 Å². The van der Waals surface area contributed by atoms with Crippen molar-refractivity contribution in [2.75, 3.05) is 24.2 Å². The molecule has 1 aliphatic carbocycles. The third-order valence-corrected chi connectivity index (χ3v) is 7.31. The Balaban J connectivity index is 1.46. The average Bonchev–Trinajstić information content (AvgIpc) is 3.55. The van der Waals surface area contributed by atoms with Crippen LogP contribution < -0.4 is 14.9 Å². The molecule has 1 aliphatic heterocycles. The Bertz CT molecular complexity index is 1340. The van der Waals surface area contributed by atoms with Gasteiger partial charge in [0.25, 0.3) is 0 Å². The van der Waals surface area contributed by atoms with E-state index in [0.29, 0.717) is 36.1 Å². The summed E-state index contributed by atoms with van der Waals surface area (Å²) in [4.78, 5) is 15.3. The standard InChI is InChI=1S/C22H26F3N7O2S/c1-13-19(20(14-3-4-14)30-35(2,33)34)26-9-10-31(13)21-27-8-7-16(29-21)17-11-28-18-6-5-15(12-32(17)18)22(23,24)25/h5-8,11-14,19-20,26,30H,3-4,9-10H2,1-2H3/t13-,19+,20?/m1/s1. The first kappa shape index (κ1) is 23.9. The lowest BCUT2D eigenvalue weighted by molar-refractivity contribution is -0.137. The largest absolute Gasteiger partial charge is 0.417 e. The van der Waals surface area contributed by atoms with Crippen molar-refractivity contribution in [2.24, 2.45) is 5.92 Å². The predicted molar refractivity (Wildman–Crippen MR) is 124 cm³/mol. The number of halogens is 3. The molecule has 3 atom stereocenters. The van der Waals surface area contributed by atoms with Crippen molar-refractivity contribution in [2.45, 2.75) is 44.1 Å². The van der Waals surface area contributed by atoms with Gasteiger partial charge >= 0.3 is 6.18 Å². The Kier molecular flexibility index (Phi) is 5.96. The van der Waals surface area contributed by atoms with Gasteiger partial charge in [0.1, 0.15) is 5.65 Å². The Morgan fingerprint density at radius 1 is 1.20 bits per heavy atom. The smallest absolute Gasteiger partial charge is 0.335 e. The van der Waals surface area contributed by atoms with Crippen LogP contribution in [0.4, 0.5) is 19.1 Å². The van der Waals surface area contributed by atoms with Crippen molar-refractivity contribution in [1.82, 2.24) is 29.4 Å². The lowest BCUT2D eigenvalue weighted by atomic mass is 9.95. The number of hydrogen-bond donors (Lipinski definition) is 2. The van der Waals surface area contributed by atoms with Gasteiger partial charge in [-0.2, -0.15) is 13.2 Å². The third-order valence-electron chi connectivity index (χ3n) is 6.61. The third kappa shape index (κ3) is 4.98. The summed E-state index contributed by atoms with van der Waals surface area (Å²) in [6, 6.07) is 3.44. The zero-order valence-electron chi connectivity index (χ0n) is 19.2. The van der Waals surface area contributed by atoms with Crippen molar-refractivity contribution in [1.29, 1.82) is 0 Å². The summed E-state index contributed by atoms with van der Waals surface area (Å²) in [5.74, 6) is 0.704. The van der Waals surface area contributed by atoms with Crippen LogP contribution in [0.3, 0.4) is 0 Å². The zero-order chi connectivity index (χ0) is 25.0. The molecule has 35 heavy (non-hydrogen) atoms. The van der Waals surface area contributed by atoms with Gasteiger partial charge in [0, 0.05) is 43.6 Å². The van der Waals surface area contributed by atoms with Gasteiger partial charge in [-0.1, -0.05) is 0 Å². The summed E-state index contributed by atoms with van der Waals surface area (Å²) < 4.78 is 67.9. The Labute approximate surface area is 200 Å². The molecular formula is C22H26F3N7O2S. The number of nitrogens with one attached hydrogen (secondary N) is 2. The van der Waals surface area contributed by atoms with E-state index in [1.165, 1.54) is 22.9 Å². The second-order valence-corrected chi connectivity index (χ2v) is 11.0. The molecule has 5 rings (SSSR count). The van der Waals surface area contributed by atoms with E-state index in [-0.39, 0.29) is 24.0 Å². The van der Waals surface area contributed by atoms with Crippen molar-refractivity contribution >= 4 is 21.6 Å². The van der Waals surface area contributed by atoms with Gasteiger partial charge in [-0.05, 0) is 43.9 Å². The SMILES string of the molecule is C[C@@H]1[C@@H](C(NS(C)(=O)=O)C2CC2)NCCN1c1nccc(-c2cnc3ccc(C(F)(F)F)cn23)n1. The maximum atomic E-state index is 13.3. The van der Waals surface area contributed by atoms with Crippen LogP contribution in [0.5, 0.6) is 0 Å². The highest BCUT2D eigenvalue weighted by Gasteiger charge is 2.43. The molecule has 1 saturated heterocycles. The molecule has 1 unspecified atom stereocenters. The molecule has 1 saturated carbocycles. The van der Waals surface area contributed by atoms with Gasteiger partial charge in [0.05, 0.1) is 29.4 Å². The van der Waals surface area contributed by atoms with Gasteiger partial charge < -0.3 is 10.2 Å². The molecule has 9 nitrogen and oxygen atoms in total. The van der Waals surface area contributed by atoms with Crippen LogP contribution in [0.1, 0.15) is 25.3 Å². The summed E-state index contributed by atoms with van der Waals surface area (Å²) in [6.45, 7) is 3.21. The Morgan fingerprint density at radius 3 is 2.66 bits per heavy atom. The first-order chi connectivity index (χ1) is 16.5. The van der Waals surface area contributed by atoms with Crippen LogP contribution in [0.2, 0.25) is 0 Å². The maximum Gasteiger partial charge on any atom is 0.417 e. The van der Waals surface area contributed by atoms with Crippen LogP contribution in [0.15, 0.2) is 36.8 Å². The minimum Gasteiger partial charge on any atom is -0.335 e. The van der Waals surface area contributed by atoms with Crippen LogP contribution in [0.25, 0.3) is 17.0 Å². The van der Waals surface area contributed by atoms with Gasteiger partial charge in [-0.3, -0.25) is 4.40 Å². The quantitative estimate of drug-likeness (QED) is 0.526. The second kappa shape index (κ2) is 8.71. The fourth-order valence-electron chi connectivity index (χ4n) is 4.76. The highest BCUT2D eigenvalue weighted by Crippen LogP contribution is 2.36. The van der Waals surface area contributed by atoms with E-state index >= 15 is 0 Å². The highest BCUT2D eigenvalue weighted by atomic mass is 32.2. The fourth-order valence-corrected chi connectivity index (χ4v) is 5.59. The summed E-state index contributed by atoms with van der Waals surface area (Å²) in [5.41, 5.74) is 0.463. The topological polar surface area (TPSA) is 105 Å². The number of aromatic nitrogens is 4. The number of hydrogen-bond acceptors (Lipinski definition) is 7. The molecular weight excluding hydrogens is 483 g/mol. The minimum atomic E-state index is -4.48. The van der Waals surface area contributed by atoms with E-state index in [0.717, 1.165) is 25.1 Å². The van der Waals surface area contributed by atoms with Gasteiger partial charge in [0.15, 0.2) is 0 Å². The van der Waals surface area contributed by atoms with Crippen molar-refractivity contribution in [3.63, 3.8) is 0 Å². The summed E-state index contributed by atoms with van der Waals surface area (Å²) in [7, 11) is -3.38. The summed E-state index contributed by atoms with van der Waals surface area (Å²) >= 11 is 0. The van der Waals surface area contributed by atoms with E-state index in [1.54, 1.807) is 12.3 Å². The normalized spacial score (nSPS) is 22.5. The molecule has 2 aliphatic rings. The van der Waals surface area contributed by atoms with Gasteiger partial charge in [-0.15, -0.1) is 0 Å². The zero-order valence-corrected chi connectivity index (χ0v) is 20.0. The molecule has 0 amide bonds. The number of piperazine rings is 1. The molecule has 0 radical (unpaired) electrons. The molecule has 4 heterocycles. The van der Waals surface area contributed by atoms with Crippen LogP contribution in [-0.4, -0.2) is 65.2 Å². The van der Waals surface area contributed by atoms with E-state index in [4.69, 9.17) is 0 Å². The van der Waals surface area contributed by atoms with Crippen molar-refractivity contribution in [3.8, 4) is 11.4 Å². The Hall–Kier alpha value is -2.77. The second-order valence-electron chi connectivity index (χ2n) is 9.20. The van der Waals surface area contributed by atoms with E-state index < -0.39 is 21.8 Å². The van der Waals surface area contributed by atoms with Crippen LogP contribution >= 0.6 is 0 Å². The fraction of sp³-hybridized carbons (Fsp3) is 0.500. The molecule has 3 aromatic rings. The number of fused-ring (bicyclic) bond motifs is 1. The van der Waals surface area contributed by atoms with E-state index in [1.807, 2.05) is 11.8 Å². The van der Waals surface area contributed by atoms with Crippen LogP contribution in [-0.2, 0) is 16.2 Å². The number of nitrogens with zero attached hydrogens (tertiary/aromatic N) is 5. The molecule has 188 valence electrons. The number of alkyl halides is 3. The monoisotopic (exact) mass is 509 g/mol. The molecule has 0 aromatic carbocycles. The molecule has 2 fully saturated rings. The first-order valence-electron chi connectivity index (χ1n) is 11.4. The molecule has 3 aromatic heterocycles. The van der Waals surface area contributed by atoms with Gasteiger partial charge in [0.2, 0.25) is 16.0 Å². The van der Waals surface area contributed by atoms with E-state index in [2.05, 4.69) is 25.0 Å². The summed E-state index contributed by atoms with van der Waals surface area (Å²) in [5, 5.41) is 3.45. The maximum absolute atomic E-state index is 13.3. The summed E-state index contributed by atoms with van der Waals surface area (Å²) in [6.07, 6.45) is 2.71. The van der Waals surface area contributed by atoms with Gasteiger partial charge in [-0.25, -0.2) is 28.1 Å². The number of sulfonamides is 1. The lowest BCUT2D eigenvalue weighted by Gasteiger charge is -2.43. The number of anilines is 1. The Morgan fingerprint density at radius 2 is 1.97 bits per heavy atom. The average molecular weight is 510 g/mol. The minimum absolute atomic E-state index is 0.127. The number of imidazole rings is 1. The van der Waals surface area contributed by atoms with E-state index in [9.17, 15) is 21.6 Å². The predicted octanol–water partition coefficient (Wildman–Crippen LogP) is 2.30. The first-order valence-corrected chi connectivity index (χ1v) is 13.3. The molecule has 0 bridgehead atoms. The number of pyridine rings is 1. The molecule has 13 heteroatoms. The van der Waals surface area contributed by atoms with Crippen LogP contribution in [0, 0.1) is 5.92 Å². The highest BCUT2D eigenvalue weighted by molar-refractivity contribution is 7.88. The lowest BCUT2D eigenvalue weighted by Crippen LogP contribution is -2.65.